The van der Waals surface area contributed by atoms with Crippen LogP contribution in [-0.4, -0.2) is 50.1 Å². The van der Waals surface area contributed by atoms with E-state index in [0.717, 1.165) is 17.3 Å². The molecule has 0 bridgehead atoms. The van der Waals surface area contributed by atoms with Crippen LogP contribution in [0.25, 0.3) is 0 Å². The van der Waals surface area contributed by atoms with Crippen LogP contribution in [0.15, 0.2) is 46.9 Å². The second kappa shape index (κ2) is 9.49. The summed E-state index contributed by atoms with van der Waals surface area (Å²) in [6, 6.07) is 12.0. The van der Waals surface area contributed by atoms with Gasteiger partial charge >= 0.3 is 0 Å². The number of carbonyl (C=O) groups excluding carboxylic acids is 3. The number of amides is 3. The number of carbonyl (C=O) groups is 3. The standard InChI is InChI=1S/C22H22BrN3O5/c23-14-7-8-18-19(10-14)31-13-21(28)26(18)12-20(27)25-17-6-2-1-5-16(17)22(29)24-11-15-4-3-9-30-15/h1-2,5-8,10,15H,3-4,9,11-13H2,(H,24,29)(H,25,27). The minimum atomic E-state index is -0.413. The Morgan fingerprint density at radius 1 is 1.19 bits per heavy atom. The van der Waals surface area contributed by atoms with E-state index in [-0.39, 0.29) is 31.1 Å². The number of rotatable bonds is 6. The van der Waals surface area contributed by atoms with Gasteiger partial charge in [0.2, 0.25) is 5.91 Å². The lowest BCUT2D eigenvalue weighted by molar-refractivity contribution is -0.123. The third-order valence-corrected chi connectivity index (χ3v) is 5.62. The van der Waals surface area contributed by atoms with E-state index in [0.29, 0.717) is 35.8 Å². The maximum atomic E-state index is 12.7. The maximum absolute atomic E-state index is 12.7. The second-order valence-corrected chi connectivity index (χ2v) is 8.24. The fraction of sp³-hybridized carbons (Fsp3) is 0.318. The molecule has 0 radical (unpaired) electrons. The molecule has 2 aromatic carbocycles. The van der Waals surface area contributed by atoms with E-state index >= 15 is 0 Å². The van der Waals surface area contributed by atoms with Crippen LogP contribution in [0.4, 0.5) is 11.4 Å². The molecule has 3 amide bonds. The highest BCUT2D eigenvalue weighted by atomic mass is 79.9. The number of nitrogens with zero attached hydrogens (tertiary/aromatic N) is 1. The molecule has 4 rings (SSSR count). The summed E-state index contributed by atoms with van der Waals surface area (Å²) in [5.74, 6) is -0.490. The molecule has 31 heavy (non-hydrogen) atoms. The summed E-state index contributed by atoms with van der Waals surface area (Å²) in [7, 11) is 0. The van der Waals surface area contributed by atoms with Gasteiger partial charge in [-0.25, -0.2) is 0 Å². The molecule has 0 spiro atoms. The van der Waals surface area contributed by atoms with Gasteiger partial charge in [0.25, 0.3) is 11.8 Å². The summed E-state index contributed by atoms with van der Waals surface area (Å²) in [6.45, 7) is 0.810. The second-order valence-electron chi connectivity index (χ2n) is 7.32. The molecule has 1 atom stereocenters. The quantitative estimate of drug-likeness (QED) is 0.652. The zero-order valence-electron chi connectivity index (χ0n) is 16.7. The molecule has 1 saturated heterocycles. The normalized spacial score (nSPS) is 17.6. The molecule has 1 unspecified atom stereocenters. The largest absolute Gasteiger partial charge is 0.482 e. The summed E-state index contributed by atoms with van der Waals surface area (Å²) in [4.78, 5) is 39.1. The monoisotopic (exact) mass is 487 g/mol. The number of ether oxygens (including phenoxy) is 2. The Morgan fingerprint density at radius 3 is 2.84 bits per heavy atom. The molecule has 9 heteroatoms. The van der Waals surface area contributed by atoms with Crippen LogP contribution < -0.4 is 20.3 Å². The van der Waals surface area contributed by atoms with Crippen molar-refractivity contribution >= 4 is 45.0 Å². The molecule has 162 valence electrons. The molecule has 2 N–H and O–H groups in total. The zero-order chi connectivity index (χ0) is 21.8. The highest BCUT2D eigenvalue weighted by molar-refractivity contribution is 9.10. The first kappa shape index (κ1) is 21.3. The fourth-order valence-electron chi connectivity index (χ4n) is 3.58. The van der Waals surface area contributed by atoms with Crippen molar-refractivity contribution < 1.29 is 23.9 Å². The van der Waals surface area contributed by atoms with Gasteiger partial charge in [0.1, 0.15) is 12.3 Å². The highest BCUT2D eigenvalue weighted by Crippen LogP contribution is 2.34. The fourth-order valence-corrected chi connectivity index (χ4v) is 3.92. The number of halogens is 1. The van der Waals surface area contributed by atoms with Crippen molar-refractivity contribution in [1.29, 1.82) is 0 Å². The number of hydrogen-bond donors (Lipinski definition) is 2. The van der Waals surface area contributed by atoms with Crippen LogP contribution in [0.1, 0.15) is 23.2 Å². The topological polar surface area (TPSA) is 97.0 Å². The van der Waals surface area contributed by atoms with Gasteiger partial charge in [-0.1, -0.05) is 28.1 Å². The van der Waals surface area contributed by atoms with Crippen LogP contribution in [0.5, 0.6) is 5.75 Å². The average Bonchev–Trinajstić information content (AvgIpc) is 3.28. The van der Waals surface area contributed by atoms with Crippen LogP contribution in [0.3, 0.4) is 0 Å². The van der Waals surface area contributed by atoms with E-state index < -0.39 is 5.91 Å². The Kier molecular flexibility index (Phi) is 6.53. The number of benzene rings is 2. The summed E-state index contributed by atoms with van der Waals surface area (Å²) in [5, 5.41) is 5.61. The molecular weight excluding hydrogens is 466 g/mol. The lowest BCUT2D eigenvalue weighted by atomic mass is 10.1. The van der Waals surface area contributed by atoms with Crippen molar-refractivity contribution in [1.82, 2.24) is 5.32 Å². The zero-order valence-corrected chi connectivity index (χ0v) is 18.3. The third kappa shape index (κ3) is 5.05. The number of fused-ring (bicyclic) bond motifs is 1. The SMILES string of the molecule is O=C(CN1C(=O)COc2cc(Br)ccc21)Nc1ccccc1C(=O)NCC1CCCO1. The van der Waals surface area contributed by atoms with E-state index in [4.69, 9.17) is 9.47 Å². The number of hydrogen-bond acceptors (Lipinski definition) is 5. The van der Waals surface area contributed by atoms with Gasteiger partial charge in [0.05, 0.1) is 23.0 Å². The van der Waals surface area contributed by atoms with Crippen molar-refractivity contribution in [3.8, 4) is 5.75 Å². The molecule has 0 saturated carbocycles. The van der Waals surface area contributed by atoms with Crippen molar-refractivity contribution in [3.63, 3.8) is 0 Å². The molecule has 2 aromatic rings. The third-order valence-electron chi connectivity index (χ3n) is 5.13. The molecule has 2 aliphatic rings. The van der Waals surface area contributed by atoms with Crippen molar-refractivity contribution in [2.45, 2.75) is 18.9 Å². The van der Waals surface area contributed by atoms with E-state index in [1.807, 2.05) is 0 Å². The predicted octanol–water partition coefficient (Wildman–Crippen LogP) is 2.72. The lowest BCUT2D eigenvalue weighted by Gasteiger charge is -2.29. The molecule has 0 aromatic heterocycles. The Morgan fingerprint density at radius 2 is 2.03 bits per heavy atom. The number of anilines is 2. The first-order valence-electron chi connectivity index (χ1n) is 10.0. The summed E-state index contributed by atoms with van der Waals surface area (Å²) < 4.78 is 11.8. The summed E-state index contributed by atoms with van der Waals surface area (Å²) in [6.07, 6.45) is 1.94. The predicted molar refractivity (Wildman–Crippen MR) is 118 cm³/mol. The molecule has 2 aliphatic heterocycles. The van der Waals surface area contributed by atoms with Crippen LogP contribution >= 0.6 is 15.9 Å². The van der Waals surface area contributed by atoms with Gasteiger partial charge < -0.3 is 20.1 Å². The summed E-state index contributed by atoms with van der Waals surface area (Å²) >= 11 is 3.37. The van der Waals surface area contributed by atoms with Gasteiger partial charge in [-0.3, -0.25) is 19.3 Å². The molecular formula is C22H22BrN3O5. The van der Waals surface area contributed by atoms with Crippen molar-refractivity contribution in [3.05, 3.63) is 52.5 Å². The van der Waals surface area contributed by atoms with Gasteiger partial charge in [-0.15, -0.1) is 0 Å². The van der Waals surface area contributed by atoms with E-state index in [1.54, 1.807) is 42.5 Å². The van der Waals surface area contributed by atoms with Crippen molar-refractivity contribution in [2.75, 3.05) is 36.5 Å². The van der Waals surface area contributed by atoms with Crippen LogP contribution in [0, 0.1) is 0 Å². The minimum Gasteiger partial charge on any atom is -0.482 e. The maximum Gasteiger partial charge on any atom is 0.265 e. The Labute approximate surface area is 188 Å². The van der Waals surface area contributed by atoms with Gasteiger partial charge in [0, 0.05) is 17.6 Å². The first-order chi connectivity index (χ1) is 15.0. The van der Waals surface area contributed by atoms with Crippen molar-refractivity contribution in [2.24, 2.45) is 0 Å². The number of para-hydroxylation sites is 1. The lowest BCUT2D eigenvalue weighted by Crippen LogP contribution is -2.43. The Bertz CT molecular complexity index is 1010. The van der Waals surface area contributed by atoms with E-state index in [1.165, 1.54) is 4.90 Å². The molecule has 2 heterocycles. The van der Waals surface area contributed by atoms with E-state index in [2.05, 4.69) is 26.6 Å². The van der Waals surface area contributed by atoms with Gasteiger partial charge in [-0.2, -0.15) is 0 Å². The average molecular weight is 488 g/mol. The minimum absolute atomic E-state index is 0.0261. The van der Waals surface area contributed by atoms with Crippen LogP contribution in [0.2, 0.25) is 0 Å². The molecule has 8 nitrogen and oxygen atoms in total. The highest BCUT2D eigenvalue weighted by Gasteiger charge is 2.28. The van der Waals surface area contributed by atoms with E-state index in [9.17, 15) is 14.4 Å². The Hall–Kier alpha value is -2.91. The molecule has 1 fully saturated rings. The molecule has 0 aliphatic carbocycles. The first-order valence-corrected chi connectivity index (χ1v) is 10.8. The number of nitrogens with one attached hydrogen (secondary N) is 2. The smallest absolute Gasteiger partial charge is 0.265 e. The summed E-state index contributed by atoms with van der Waals surface area (Å²) in [5.41, 5.74) is 1.26. The van der Waals surface area contributed by atoms with Gasteiger partial charge in [0.15, 0.2) is 6.61 Å². The van der Waals surface area contributed by atoms with Crippen LogP contribution in [-0.2, 0) is 14.3 Å². The Balaban J connectivity index is 1.43. The van der Waals surface area contributed by atoms with Gasteiger partial charge in [-0.05, 0) is 43.2 Å².